The number of carbonyl (C=O) groups excluding carboxylic acids is 1. The molecule has 1 heterocycles. The molecule has 7 nitrogen and oxygen atoms in total. The summed E-state index contributed by atoms with van der Waals surface area (Å²) < 4.78 is 7.52. The lowest BCUT2D eigenvalue weighted by Crippen LogP contribution is -2.26. The molecule has 3 rings (SSSR count). The van der Waals surface area contributed by atoms with E-state index in [0.717, 1.165) is 30.0 Å². The fourth-order valence-corrected chi connectivity index (χ4v) is 3.12. The Balaban J connectivity index is 1.45. The zero-order chi connectivity index (χ0) is 20.5. The van der Waals surface area contributed by atoms with E-state index < -0.39 is 0 Å². The molecule has 0 spiro atoms. The highest BCUT2D eigenvalue weighted by atomic mass is 32.1. The van der Waals surface area contributed by atoms with Crippen molar-refractivity contribution in [1.82, 2.24) is 20.1 Å². The average Bonchev–Trinajstić information content (AvgIpc) is 3.13. The van der Waals surface area contributed by atoms with Crippen LogP contribution in [-0.4, -0.2) is 40.9 Å². The predicted octanol–water partition coefficient (Wildman–Crippen LogP) is 3.62. The number of benzene rings is 2. The molecule has 8 heteroatoms. The van der Waals surface area contributed by atoms with E-state index in [4.69, 9.17) is 17.0 Å². The quantitative estimate of drug-likeness (QED) is 0.351. The molecule has 0 fully saturated rings. The third kappa shape index (κ3) is 5.92. The Morgan fingerprint density at radius 1 is 1.14 bits per heavy atom. The Labute approximate surface area is 175 Å². The van der Waals surface area contributed by atoms with Crippen LogP contribution in [0.4, 0.5) is 5.69 Å². The van der Waals surface area contributed by atoms with Crippen LogP contribution in [-0.2, 0) is 11.3 Å². The van der Waals surface area contributed by atoms with E-state index in [1.54, 1.807) is 7.11 Å². The molecule has 3 aromatic rings. The maximum absolute atomic E-state index is 12.2. The molecular formula is C21H25N5O2S. The van der Waals surface area contributed by atoms with Crippen molar-refractivity contribution in [1.29, 1.82) is 0 Å². The number of ether oxygens (including phenoxy) is 1. The summed E-state index contributed by atoms with van der Waals surface area (Å²) in [6.07, 6.45) is 1.19. The number of hydrogen-bond donors (Lipinski definition) is 3. The van der Waals surface area contributed by atoms with Crippen LogP contribution < -0.4 is 15.4 Å². The van der Waals surface area contributed by atoms with Gasteiger partial charge < -0.3 is 15.4 Å². The minimum Gasteiger partial charge on any atom is -0.497 e. The number of carbonyl (C=O) groups is 1. The zero-order valence-electron chi connectivity index (χ0n) is 16.4. The first-order valence-corrected chi connectivity index (χ1v) is 9.93. The number of methoxy groups -OCH3 is 1. The fraction of sp³-hybridized carbons (Fsp3) is 0.286. The lowest BCUT2D eigenvalue weighted by atomic mass is 10.2. The van der Waals surface area contributed by atoms with Gasteiger partial charge in [-0.1, -0.05) is 18.2 Å². The smallest absolute Gasteiger partial charge is 0.221 e. The Morgan fingerprint density at radius 2 is 1.90 bits per heavy atom. The molecular weight excluding hydrogens is 386 g/mol. The summed E-state index contributed by atoms with van der Waals surface area (Å²) in [5, 5.41) is 13.4. The van der Waals surface area contributed by atoms with Gasteiger partial charge in [-0.3, -0.25) is 14.5 Å². The Bertz CT molecular complexity index is 967. The van der Waals surface area contributed by atoms with E-state index in [1.807, 2.05) is 59.2 Å². The second kappa shape index (κ2) is 10.4. The van der Waals surface area contributed by atoms with Crippen LogP contribution in [0.3, 0.4) is 0 Å². The van der Waals surface area contributed by atoms with E-state index in [0.29, 0.717) is 30.1 Å². The molecule has 0 saturated heterocycles. The molecule has 1 amide bonds. The number of amides is 1. The maximum Gasteiger partial charge on any atom is 0.221 e. The number of H-pyrrole nitrogens is 1. The maximum atomic E-state index is 12.2. The highest BCUT2D eigenvalue weighted by Gasteiger charge is 2.11. The normalized spacial score (nSPS) is 10.5. The minimum atomic E-state index is -0.00603. The Morgan fingerprint density at radius 3 is 2.62 bits per heavy atom. The van der Waals surface area contributed by atoms with Gasteiger partial charge in [0.2, 0.25) is 5.91 Å². The van der Waals surface area contributed by atoms with Crippen LogP contribution >= 0.6 is 12.2 Å². The summed E-state index contributed by atoms with van der Waals surface area (Å²) in [4.78, 5) is 12.2. The number of aromatic amines is 1. The fourth-order valence-electron chi connectivity index (χ4n) is 2.89. The molecule has 3 N–H and O–H groups in total. The SMILES string of the molecule is COc1ccc(-c2n[nH]c(=S)n2CCC(=O)NCCCNc2ccccc2)cc1. The van der Waals surface area contributed by atoms with Crippen LogP contribution in [0.1, 0.15) is 12.8 Å². The molecule has 152 valence electrons. The van der Waals surface area contributed by atoms with Crippen molar-refractivity contribution in [2.24, 2.45) is 0 Å². The molecule has 29 heavy (non-hydrogen) atoms. The summed E-state index contributed by atoms with van der Waals surface area (Å²) in [7, 11) is 1.63. The van der Waals surface area contributed by atoms with E-state index >= 15 is 0 Å². The van der Waals surface area contributed by atoms with Crippen molar-refractivity contribution >= 4 is 23.8 Å². The first kappa shape index (κ1) is 20.6. The van der Waals surface area contributed by atoms with E-state index in [2.05, 4.69) is 20.8 Å². The Hall–Kier alpha value is -3.13. The van der Waals surface area contributed by atoms with Crippen molar-refractivity contribution in [3.63, 3.8) is 0 Å². The van der Waals surface area contributed by atoms with Crippen LogP contribution in [0.5, 0.6) is 5.75 Å². The van der Waals surface area contributed by atoms with Crippen LogP contribution in [0, 0.1) is 4.77 Å². The van der Waals surface area contributed by atoms with E-state index in [-0.39, 0.29) is 5.91 Å². The van der Waals surface area contributed by atoms with Crippen molar-refractivity contribution in [2.45, 2.75) is 19.4 Å². The molecule has 0 aliphatic heterocycles. The first-order valence-electron chi connectivity index (χ1n) is 9.52. The monoisotopic (exact) mass is 411 g/mol. The molecule has 0 saturated carbocycles. The zero-order valence-corrected chi connectivity index (χ0v) is 17.2. The summed E-state index contributed by atoms with van der Waals surface area (Å²) >= 11 is 5.32. The van der Waals surface area contributed by atoms with Crippen LogP contribution in [0.25, 0.3) is 11.4 Å². The molecule has 0 radical (unpaired) electrons. The molecule has 2 aromatic carbocycles. The van der Waals surface area contributed by atoms with Gasteiger partial charge in [-0.2, -0.15) is 5.10 Å². The van der Waals surface area contributed by atoms with E-state index in [9.17, 15) is 4.79 Å². The highest BCUT2D eigenvalue weighted by Crippen LogP contribution is 2.21. The number of rotatable bonds is 10. The molecule has 0 aliphatic rings. The second-order valence-electron chi connectivity index (χ2n) is 6.48. The number of aromatic nitrogens is 3. The molecule has 0 atom stereocenters. The third-order valence-electron chi connectivity index (χ3n) is 4.45. The van der Waals surface area contributed by atoms with E-state index in [1.165, 1.54) is 0 Å². The molecule has 0 unspecified atom stereocenters. The number of para-hydroxylation sites is 1. The average molecular weight is 412 g/mol. The lowest BCUT2D eigenvalue weighted by Gasteiger charge is -2.09. The largest absolute Gasteiger partial charge is 0.497 e. The van der Waals surface area contributed by atoms with Gasteiger partial charge in [-0.05, 0) is 55.0 Å². The summed E-state index contributed by atoms with van der Waals surface area (Å²) in [5.41, 5.74) is 1.99. The van der Waals surface area contributed by atoms with Gasteiger partial charge in [0.05, 0.1) is 7.11 Å². The summed E-state index contributed by atoms with van der Waals surface area (Å²) in [6, 6.07) is 17.6. The summed E-state index contributed by atoms with van der Waals surface area (Å²) in [6.45, 7) is 1.89. The number of nitrogens with zero attached hydrogens (tertiary/aromatic N) is 2. The van der Waals surface area contributed by atoms with Crippen molar-refractivity contribution in [3.8, 4) is 17.1 Å². The standard InChI is InChI=1S/C21H25N5O2S/c1-28-18-10-8-16(9-11-18)20-24-25-21(29)26(20)15-12-19(27)23-14-5-13-22-17-6-3-2-4-7-17/h2-4,6-11,22H,5,12-15H2,1H3,(H,23,27)(H,25,29). The highest BCUT2D eigenvalue weighted by molar-refractivity contribution is 7.71. The summed E-state index contributed by atoms with van der Waals surface area (Å²) in [5.74, 6) is 1.47. The topological polar surface area (TPSA) is 84.0 Å². The van der Waals surface area contributed by atoms with Gasteiger partial charge in [0.1, 0.15) is 5.75 Å². The molecule has 0 bridgehead atoms. The predicted molar refractivity (Wildman–Crippen MR) is 117 cm³/mol. The van der Waals surface area contributed by atoms with Gasteiger partial charge in [-0.25, -0.2) is 0 Å². The second-order valence-corrected chi connectivity index (χ2v) is 6.87. The lowest BCUT2D eigenvalue weighted by molar-refractivity contribution is -0.121. The van der Waals surface area contributed by atoms with Crippen molar-refractivity contribution in [3.05, 3.63) is 59.4 Å². The van der Waals surface area contributed by atoms with Crippen LogP contribution in [0.15, 0.2) is 54.6 Å². The molecule has 0 aliphatic carbocycles. The first-order chi connectivity index (χ1) is 14.2. The van der Waals surface area contributed by atoms with Gasteiger partial charge in [0.25, 0.3) is 0 Å². The van der Waals surface area contributed by atoms with Crippen molar-refractivity contribution < 1.29 is 9.53 Å². The minimum absolute atomic E-state index is 0.00603. The van der Waals surface area contributed by atoms with Gasteiger partial charge in [0.15, 0.2) is 10.6 Å². The van der Waals surface area contributed by atoms with Gasteiger partial charge >= 0.3 is 0 Å². The number of anilines is 1. The van der Waals surface area contributed by atoms with Crippen molar-refractivity contribution in [2.75, 3.05) is 25.5 Å². The third-order valence-corrected chi connectivity index (χ3v) is 4.76. The van der Waals surface area contributed by atoms with Crippen LogP contribution in [0.2, 0.25) is 0 Å². The number of hydrogen-bond acceptors (Lipinski definition) is 5. The van der Waals surface area contributed by atoms with Gasteiger partial charge in [0, 0.05) is 37.3 Å². The Kier molecular flexibility index (Phi) is 7.40. The number of nitrogens with one attached hydrogen (secondary N) is 3. The molecule has 1 aromatic heterocycles. The van der Waals surface area contributed by atoms with Gasteiger partial charge in [-0.15, -0.1) is 0 Å².